The van der Waals surface area contributed by atoms with Gasteiger partial charge in [0.1, 0.15) is 5.70 Å². The summed E-state index contributed by atoms with van der Waals surface area (Å²) in [6, 6.07) is 0. The second-order valence-electron chi connectivity index (χ2n) is 6.35. The third-order valence-electron chi connectivity index (χ3n) is 4.49. The highest BCUT2D eigenvalue weighted by Crippen LogP contribution is 2.41. The number of halogens is 2. The van der Waals surface area contributed by atoms with Crippen molar-refractivity contribution in [1.82, 2.24) is 30.4 Å². The van der Waals surface area contributed by atoms with Crippen LogP contribution in [0.4, 0.5) is 8.78 Å². The monoisotopic (exact) mass is 496 g/mol. The highest BCUT2D eigenvalue weighted by atomic mass is 32.2. The highest BCUT2D eigenvalue weighted by Gasteiger charge is 2.67. The lowest BCUT2D eigenvalue weighted by atomic mass is 9.94. The van der Waals surface area contributed by atoms with E-state index >= 15 is 0 Å². The van der Waals surface area contributed by atoms with Gasteiger partial charge in [0.25, 0.3) is 17.4 Å². The molecule has 0 bridgehead atoms. The van der Waals surface area contributed by atoms with Crippen LogP contribution in [-0.4, -0.2) is 103 Å². The Bertz CT molecular complexity index is 932. The number of aliphatic hydroxyl groups excluding tert-OH is 1. The number of hydrogen-bond acceptors (Lipinski definition) is 11. The number of carboxylic acids is 1. The number of ether oxygens (including phenoxy) is 2. The van der Waals surface area contributed by atoms with Crippen molar-refractivity contribution in [2.45, 2.75) is 29.4 Å². The van der Waals surface area contributed by atoms with Gasteiger partial charge in [0.2, 0.25) is 11.1 Å². The van der Waals surface area contributed by atoms with Crippen molar-refractivity contribution < 1.29 is 42.9 Å². The van der Waals surface area contributed by atoms with Crippen LogP contribution in [0.1, 0.15) is 0 Å². The summed E-state index contributed by atoms with van der Waals surface area (Å²) in [5.41, 5.74) is -2.12. The zero-order valence-corrected chi connectivity index (χ0v) is 18.1. The number of methoxy groups -OCH3 is 1. The SMILES string of the molecule is COC1(NC(=O)CSC(F)F)C(=O)N2C(C(=O)O)=C(CSc3nnnn3CCO)COC21. The van der Waals surface area contributed by atoms with Gasteiger partial charge in [-0.05, 0) is 16.0 Å². The molecule has 2 aliphatic heterocycles. The standard InChI is InChI=1S/C15H18F2N6O7S2/c1-29-15(18-8(25)6-31-13(16)17)11(28)23-9(10(26)27)7(4-30-12(15)23)5-32-14-19-20-21-22(14)2-3-24/h12-13,24H,2-6H2,1H3,(H,18,25)(H,26,27). The van der Waals surface area contributed by atoms with Gasteiger partial charge in [0.05, 0.1) is 25.5 Å². The Balaban J connectivity index is 1.77. The number of alkyl halides is 2. The van der Waals surface area contributed by atoms with E-state index in [2.05, 4.69) is 20.8 Å². The molecule has 13 nitrogen and oxygen atoms in total. The molecule has 17 heteroatoms. The number of nitrogens with one attached hydrogen (secondary N) is 1. The maximum Gasteiger partial charge on any atom is 0.352 e. The van der Waals surface area contributed by atoms with Gasteiger partial charge in [-0.3, -0.25) is 14.5 Å². The summed E-state index contributed by atoms with van der Waals surface area (Å²) in [6.45, 7) is -0.268. The van der Waals surface area contributed by atoms with Crippen LogP contribution < -0.4 is 5.32 Å². The molecule has 2 unspecified atom stereocenters. The molecule has 0 aromatic carbocycles. The summed E-state index contributed by atoms with van der Waals surface area (Å²) in [5, 5.41) is 32.3. The minimum absolute atomic E-state index is 0.0569. The van der Waals surface area contributed by atoms with E-state index in [4.69, 9.17) is 14.6 Å². The Morgan fingerprint density at radius 3 is 2.84 bits per heavy atom. The molecule has 1 saturated heterocycles. The van der Waals surface area contributed by atoms with Crippen LogP contribution in [0.3, 0.4) is 0 Å². The number of fused-ring (bicyclic) bond motifs is 1. The number of rotatable bonds is 11. The van der Waals surface area contributed by atoms with Gasteiger partial charge >= 0.3 is 5.97 Å². The Hall–Kier alpha value is -2.34. The van der Waals surface area contributed by atoms with Crippen LogP contribution in [0, 0.1) is 0 Å². The van der Waals surface area contributed by atoms with Crippen LogP contribution >= 0.6 is 23.5 Å². The topological polar surface area (TPSA) is 169 Å². The third-order valence-corrected chi connectivity index (χ3v) is 6.21. The minimum Gasteiger partial charge on any atom is -0.477 e. The van der Waals surface area contributed by atoms with Crippen molar-refractivity contribution in [2.75, 3.05) is 31.8 Å². The number of β-lactam (4-membered cyclic amide) rings is 1. The number of carbonyl (C=O) groups is 3. The van der Waals surface area contributed by atoms with Gasteiger partial charge in [0, 0.05) is 12.9 Å². The number of carboxylic acid groups (broad SMARTS) is 1. The first-order valence-electron chi connectivity index (χ1n) is 8.91. The van der Waals surface area contributed by atoms with E-state index in [9.17, 15) is 28.3 Å². The zero-order chi connectivity index (χ0) is 23.5. The number of aliphatic hydroxyl groups is 1. The molecule has 1 fully saturated rings. The first kappa shape index (κ1) is 24.3. The van der Waals surface area contributed by atoms with Gasteiger partial charge in [-0.25, -0.2) is 9.48 Å². The number of thioether (sulfide) groups is 2. The number of nitrogens with zero attached hydrogens (tertiary/aromatic N) is 5. The molecule has 2 atom stereocenters. The van der Waals surface area contributed by atoms with Gasteiger partial charge < -0.3 is 25.0 Å². The van der Waals surface area contributed by atoms with E-state index in [1.54, 1.807) is 0 Å². The molecular formula is C15H18F2N6O7S2. The fraction of sp³-hybridized carbons (Fsp3) is 0.600. The van der Waals surface area contributed by atoms with Crippen LogP contribution in [0.25, 0.3) is 0 Å². The summed E-state index contributed by atoms with van der Waals surface area (Å²) in [5.74, 6) is -6.56. The molecule has 0 spiro atoms. The first-order valence-corrected chi connectivity index (χ1v) is 10.9. The van der Waals surface area contributed by atoms with Crippen LogP contribution in [0.5, 0.6) is 0 Å². The van der Waals surface area contributed by atoms with Crippen molar-refractivity contribution >= 4 is 41.3 Å². The molecular weight excluding hydrogens is 478 g/mol. The normalized spacial score (nSPS) is 22.7. The number of aliphatic carboxylic acids is 1. The largest absolute Gasteiger partial charge is 0.477 e. The van der Waals surface area contributed by atoms with Crippen LogP contribution in [0.15, 0.2) is 16.4 Å². The van der Waals surface area contributed by atoms with Crippen LogP contribution in [0.2, 0.25) is 0 Å². The number of hydrogen-bond donors (Lipinski definition) is 3. The molecule has 0 saturated carbocycles. The van der Waals surface area contributed by atoms with Crippen molar-refractivity contribution in [3.63, 3.8) is 0 Å². The van der Waals surface area contributed by atoms with E-state index in [1.807, 2.05) is 0 Å². The van der Waals surface area contributed by atoms with E-state index in [0.717, 1.165) is 23.8 Å². The van der Waals surface area contributed by atoms with E-state index in [0.29, 0.717) is 5.16 Å². The molecule has 3 heterocycles. The summed E-state index contributed by atoms with van der Waals surface area (Å²) in [6.07, 6.45) is -1.29. The first-order chi connectivity index (χ1) is 15.2. The number of amides is 2. The number of tetrazole rings is 1. The lowest BCUT2D eigenvalue weighted by molar-refractivity contribution is -0.257. The Labute approximate surface area is 187 Å². The van der Waals surface area contributed by atoms with E-state index in [-0.39, 0.29) is 48.5 Å². The highest BCUT2D eigenvalue weighted by molar-refractivity contribution is 8.00. The minimum atomic E-state index is -2.78. The molecule has 32 heavy (non-hydrogen) atoms. The Morgan fingerprint density at radius 1 is 1.47 bits per heavy atom. The molecule has 176 valence electrons. The second-order valence-corrected chi connectivity index (χ2v) is 8.27. The van der Waals surface area contributed by atoms with Crippen LogP contribution in [-0.2, 0) is 30.4 Å². The van der Waals surface area contributed by atoms with Gasteiger partial charge in [-0.15, -0.1) is 5.10 Å². The molecule has 1 aromatic heterocycles. The predicted octanol–water partition coefficient (Wildman–Crippen LogP) is -1.29. The fourth-order valence-electron chi connectivity index (χ4n) is 3.12. The average molecular weight is 496 g/mol. The summed E-state index contributed by atoms with van der Waals surface area (Å²) < 4.78 is 36.7. The Kier molecular flexibility index (Phi) is 7.65. The van der Waals surface area contributed by atoms with E-state index < -0.39 is 41.2 Å². The summed E-state index contributed by atoms with van der Waals surface area (Å²) in [4.78, 5) is 37.6. The maximum atomic E-state index is 12.8. The lowest BCUT2D eigenvalue weighted by Crippen LogP contribution is -2.82. The zero-order valence-electron chi connectivity index (χ0n) is 16.4. The van der Waals surface area contributed by atoms with E-state index in [1.165, 1.54) is 4.68 Å². The van der Waals surface area contributed by atoms with Crippen molar-refractivity contribution in [1.29, 1.82) is 0 Å². The summed E-state index contributed by atoms with van der Waals surface area (Å²) >= 11 is 1.14. The van der Waals surface area contributed by atoms with Gasteiger partial charge in [-0.1, -0.05) is 23.5 Å². The smallest absolute Gasteiger partial charge is 0.352 e. The molecule has 3 rings (SSSR count). The molecule has 2 amide bonds. The molecule has 0 aliphatic carbocycles. The quantitative estimate of drug-likeness (QED) is 0.189. The lowest BCUT2D eigenvalue weighted by Gasteiger charge is -2.55. The average Bonchev–Trinajstić information content (AvgIpc) is 3.20. The third kappa shape index (κ3) is 4.56. The van der Waals surface area contributed by atoms with Crippen molar-refractivity contribution in [3.8, 4) is 0 Å². The maximum absolute atomic E-state index is 12.8. The fourth-order valence-corrected chi connectivity index (χ4v) is 4.37. The van der Waals surface area contributed by atoms with Gasteiger partial charge in [-0.2, -0.15) is 8.78 Å². The van der Waals surface area contributed by atoms with Crippen molar-refractivity contribution in [3.05, 3.63) is 11.3 Å². The van der Waals surface area contributed by atoms with Crippen molar-refractivity contribution in [2.24, 2.45) is 0 Å². The number of aromatic nitrogens is 4. The molecule has 0 radical (unpaired) electrons. The molecule has 3 N–H and O–H groups in total. The number of carbonyl (C=O) groups excluding carboxylic acids is 2. The second kappa shape index (κ2) is 10.1. The predicted molar refractivity (Wildman–Crippen MR) is 103 cm³/mol. The van der Waals surface area contributed by atoms with Gasteiger partial charge in [0.15, 0.2) is 6.23 Å². The molecule has 2 aliphatic rings. The Morgan fingerprint density at radius 2 is 2.22 bits per heavy atom. The summed E-state index contributed by atoms with van der Waals surface area (Å²) in [7, 11) is 1.11. The molecule has 1 aromatic rings.